The maximum Gasteiger partial charge on any atom is 0.324 e. The Morgan fingerprint density at radius 2 is 1.70 bits per heavy atom. The van der Waals surface area contributed by atoms with Crippen molar-refractivity contribution in [3.63, 3.8) is 0 Å². The van der Waals surface area contributed by atoms with Crippen molar-refractivity contribution < 1.29 is 19.1 Å². The highest BCUT2D eigenvalue weighted by Gasteiger charge is 2.46. The minimum atomic E-state index is -1.17. The normalized spacial score (nSPS) is 20.1. The highest BCUT2D eigenvalue weighted by Crippen LogP contribution is 2.35. The molecule has 0 spiro atoms. The second kappa shape index (κ2) is 5.87. The molecule has 1 aliphatic rings. The summed E-state index contributed by atoms with van der Waals surface area (Å²) in [7, 11) is 0. The van der Waals surface area contributed by atoms with Gasteiger partial charge in [-0.15, -0.1) is 11.8 Å². The predicted molar refractivity (Wildman–Crippen MR) is 76.1 cm³/mol. The average Bonchev–Trinajstić information content (AvgIpc) is 2.36. The van der Waals surface area contributed by atoms with Crippen LogP contribution in [0.25, 0.3) is 0 Å². The lowest BCUT2D eigenvalue weighted by atomic mass is 10.0. The maximum absolute atomic E-state index is 12.1. The number of rotatable bonds is 4. The molecule has 0 N–H and O–H groups in total. The van der Waals surface area contributed by atoms with Crippen LogP contribution in [0, 0.1) is 5.92 Å². The van der Waals surface area contributed by atoms with Gasteiger partial charge in [-0.1, -0.05) is 25.1 Å². The van der Waals surface area contributed by atoms with E-state index in [2.05, 4.69) is 0 Å². The number of esters is 2. The number of hydrogen-bond acceptors (Lipinski definition) is 5. The monoisotopic (exact) mass is 294 g/mol. The van der Waals surface area contributed by atoms with Crippen molar-refractivity contribution in [1.29, 1.82) is 0 Å². The molecule has 0 saturated carbocycles. The first-order valence-corrected chi connectivity index (χ1v) is 7.48. The van der Waals surface area contributed by atoms with Crippen molar-refractivity contribution in [3.05, 3.63) is 30.3 Å². The highest BCUT2D eigenvalue weighted by molar-refractivity contribution is 8.00. The lowest BCUT2D eigenvalue weighted by molar-refractivity contribution is -0.239. The Morgan fingerprint density at radius 3 is 2.20 bits per heavy atom. The Bertz CT molecular complexity index is 478. The van der Waals surface area contributed by atoms with Gasteiger partial charge in [0.1, 0.15) is 0 Å². The third-order valence-corrected chi connectivity index (χ3v) is 4.46. The van der Waals surface area contributed by atoms with Gasteiger partial charge in [-0.3, -0.25) is 9.59 Å². The van der Waals surface area contributed by atoms with Gasteiger partial charge in [0.05, 0.1) is 0 Å². The molecule has 1 aromatic rings. The summed E-state index contributed by atoms with van der Waals surface area (Å²) in [6.45, 7) is 5.07. The van der Waals surface area contributed by atoms with Crippen LogP contribution in [0.2, 0.25) is 0 Å². The van der Waals surface area contributed by atoms with Gasteiger partial charge in [0.25, 0.3) is 5.79 Å². The van der Waals surface area contributed by atoms with Crippen LogP contribution in [0.4, 0.5) is 0 Å². The quantitative estimate of drug-likeness (QED) is 0.485. The zero-order chi connectivity index (χ0) is 14.8. The fourth-order valence-corrected chi connectivity index (χ4v) is 3.28. The molecule has 1 fully saturated rings. The zero-order valence-electron chi connectivity index (χ0n) is 11.8. The van der Waals surface area contributed by atoms with E-state index in [1.807, 2.05) is 37.3 Å². The summed E-state index contributed by atoms with van der Waals surface area (Å²) < 4.78 is 10.4. The van der Waals surface area contributed by atoms with Crippen molar-refractivity contribution in [2.45, 2.75) is 43.1 Å². The largest absolute Gasteiger partial charge is 0.422 e. The van der Waals surface area contributed by atoms with Crippen LogP contribution in [0.5, 0.6) is 0 Å². The molecule has 0 aliphatic carbocycles. The van der Waals surface area contributed by atoms with E-state index in [1.54, 1.807) is 13.8 Å². The molecule has 1 saturated heterocycles. The molecule has 0 amide bonds. The number of benzene rings is 1. The molecule has 2 rings (SSSR count). The molecule has 0 aromatic heterocycles. The van der Waals surface area contributed by atoms with Gasteiger partial charge >= 0.3 is 11.9 Å². The second-order valence-electron chi connectivity index (χ2n) is 5.10. The summed E-state index contributed by atoms with van der Waals surface area (Å²) in [4.78, 5) is 25.2. The topological polar surface area (TPSA) is 52.6 Å². The molecule has 108 valence electrons. The Balaban J connectivity index is 2.15. The van der Waals surface area contributed by atoms with Crippen LogP contribution in [0.3, 0.4) is 0 Å². The van der Waals surface area contributed by atoms with Crippen LogP contribution in [0.1, 0.15) is 27.2 Å². The first-order valence-electron chi connectivity index (χ1n) is 6.60. The van der Waals surface area contributed by atoms with E-state index >= 15 is 0 Å². The maximum atomic E-state index is 12.1. The summed E-state index contributed by atoms with van der Waals surface area (Å²) >= 11 is 1.50. The first kappa shape index (κ1) is 14.9. The molecule has 20 heavy (non-hydrogen) atoms. The fourth-order valence-electron chi connectivity index (χ4n) is 2.09. The molecular weight excluding hydrogens is 276 g/mol. The molecule has 1 unspecified atom stereocenters. The number of thioether (sulfide) groups is 1. The number of hydrogen-bond donors (Lipinski definition) is 0. The Labute approximate surface area is 122 Å². The Hall–Kier alpha value is -1.49. The van der Waals surface area contributed by atoms with Crippen molar-refractivity contribution in [2.24, 2.45) is 5.92 Å². The summed E-state index contributed by atoms with van der Waals surface area (Å²) in [5.41, 5.74) is 0. The molecule has 1 heterocycles. The predicted octanol–water partition coefficient (Wildman–Crippen LogP) is 3.01. The third kappa shape index (κ3) is 3.33. The second-order valence-corrected chi connectivity index (χ2v) is 6.41. The lowest BCUT2D eigenvalue weighted by Gasteiger charge is -2.35. The molecule has 1 atom stereocenters. The fraction of sp³-hybridized carbons (Fsp3) is 0.467. The Kier molecular flexibility index (Phi) is 4.38. The lowest BCUT2D eigenvalue weighted by Crippen LogP contribution is -2.49. The van der Waals surface area contributed by atoms with Crippen LogP contribution >= 0.6 is 11.8 Å². The smallest absolute Gasteiger partial charge is 0.324 e. The van der Waals surface area contributed by atoms with E-state index < -0.39 is 23.6 Å². The number of ether oxygens (including phenoxy) is 2. The van der Waals surface area contributed by atoms with Crippen LogP contribution < -0.4 is 0 Å². The highest BCUT2D eigenvalue weighted by atomic mass is 32.2. The number of cyclic esters (lactones) is 2. The summed E-state index contributed by atoms with van der Waals surface area (Å²) in [5, 5.41) is -0.187. The van der Waals surface area contributed by atoms with E-state index in [1.165, 1.54) is 11.8 Å². The average molecular weight is 294 g/mol. The Morgan fingerprint density at radius 1 is 1.15 bits per heavy atom. The molecule has 0 radical (unpaired) electrons. The minimum Gasteiger partial charge on any atom is -0.422 e. The summed E-state index contributed by atoms with van der Waals surface area (Å²) in [6.07, 6.45) is 0.675. The SMILES string of the molecule is CCC(Sc1ccccc1)C1C(=O)OC(C)(C)OC1=O. The molecule has 1 aromatic carbocycles. The van der Waals surface area contributed by atoms with Gasteiger partial charge in [0.2, 0.25) is 0 Å². The van der Waals surface area contributed by atoms with Gasteiger partial charge in [-0.25, -0.2) is 0 Å². The van der Waals surface area contributed by atoms with E-state index in [0.717, 1.165) is 4.90 Å². The van der Waals surface area contributed by atoms with Gasteiger partial charge < -0.3 is 9.47 Å². The zero-order valence-corrected chi connectivity index (χ0v) is 12.6. The van der Waals surface area contributed by atoms with Gasteiger partial charge in [0, 0.05) is 24.0 Å². The minimum absolute atomic E-state index is 0.187. The molecular formula is C15H18O4S. The number of carbonyl (C=O) groups excluding carboxylic acids is 2. The van der Waals surface area contributed by atoms with Crippen LogP contribution in [-0.2, 0) is 19.1 Å². The van der Waals surface area contributed by atoms with Gasteiger partial charge in [-0.2, -0.15) is 0 Å². The molecule has 1 aliphatic heterocycles. The standard InChI is InChI=1S/C15H18O4S/c1-4-11(20-10-8-6-5-7-9-10)12-13(16)18-15(2,3)19-14(12)17/h5-9,11-12H,4H2,1-3H3. The van der Waals surface area contributed by atoms with Crippen LogP contribution in [0.15, 0.2) is 35.2 Å². The summed E-state index contributed by atoms with van der Waals surface area (Å²) in [5.74, 6) is -3.03. The van der Waals surface area contributed by atoms with Crippen molar-refractivity contribution in [3.8, 4) is 0 Å². The molecule has 0 bridgehead atoms. The van der Waals surface area contributed by atoms with Crippen LogP contribution in [-0.4, -0.2) is 23.0 Å². The van der Waals surface area contributed by atoms with E-state index in [0.29, 0.717) is 6.42 Å². The third-order valence-electron chi connectivity index (χ3n) is 3.01. The van der Waals surface area contributed by atoms with Crippen molar-refractivity contribution >= 4 is 23.7 Å². The van der Waals surface area contributed by atoms with Gasteiger partial charge in [-0.05, 0) is 18.6 Å². The molecule has 4 nitrogen and oxygen atoms in total. The number of carbonyl (C=O) groups is 2. The van der Waals surface area contributed by atoms with Gasteiger partial charge in [0.15, 0.2) is 5.92 Å². The van der Waals surface area contributed by atoms with E-state index in [4.69, 9.17) is 9.47 Å². The first-order chi connectivity index (χ1) is 9.43. The van der Waals surface area contributed by atoms with E-state index in [9.17, 15) is 9.59 Å². The van der Waals surface area contributed by atoms with Crippen molar-refractivity contribution in [2.75, 3.05) is 0 Å². The van der Waals surface area contributed by atoms with Crippen molar-refractivity contribution in [1.82, 2.24) is 0 Å². The molecule has 5 heteroatoms. The summed E-state index contributed by atoms with van der Waals surface area (Å²) in [6, 6.07) is 9.69. The van der Waals surface area contributed by atoms with E-state index in [-0.39, 0.29) is 5.25 Å².